The zero-order valence-corrected chi connectivity index (χ0v) is 12.5. The van der Waals surface area contributed by atoms with Gasteiger partial charge in [-0.25, -0.2) is 8.42 Å². The lowest BCUT2D eigenvalue weighted by atomic mass is 10.2. The quantitative estimate of drug-likeness (QED) is 0.519. The molecule has 0 saturated carbocycles. The minimum atomic E-state index is -3.37. The highest BCUT2D eigenvalue weighted by atomic mass is 35.7. The van der Waals surface area contributed by atoms with Crippen molar-refractivity contribution in [2.24, 2.45) is 0 Å². The molecule has 0 radical (unpaired) electrons. The van der Waals surface area contributed by atoms with Crippen LogP contribution in [0.5, 0.6) is 11.5 Å². The molecule has 0 aliphatic rings. The standard InChI is InChI=1S/C13H19ClO4S/c1-2-17-12-8-4-5-9-13(12)18-10-6-3-7-11-19(14,15)16/h4-5,8-9H,2-3,6-7,10-11H2,1H3. The Kier molecular flexibility index (Phi) is 7.02. The van der Waals surface area contributed by atoms with Gasteiger partial charge in [0.05, 0.1) is 19.0 Å². The molecule has 19 heavy (non-hydrogen) atoms. The Morgan fingerprint density at radius 1 is 1.05 bits per heavy atom. The third kappa shape index (κ3) is 7.28. The lowest BCUT2D eigenvalue weighted by Crippen LogP contribution is -2.02. The summed E-state index contributed by atoms with van der Waals surface area (Å²) in [6.45, 7) is 3.05. The third-order valence-electron chi connectivity index (χ3n) is 2.44. The molecule has 0 unspecified atom stereocenters. The highest BCUT2D eigenvalue weighted by Gasteiger charge is 2.05. The maximum Gasteiger partial charge on any atom is 0.232 e. The number of benzene rings is 1. The van der Waals surface area contributed by atoms with Gasteiger partial charge in [0.25, 0.3) is 0 Å². The number of ether oxygens (including phenoxy) is 2. The molecule has 4 nitrogen and oxygen atoms in total. The van der Waals surface area contributed by atoms with Crippen molar-refractivity contribution in [3.8, 4) is 11.5 Å². The molecule has 1 aromatic rings. The monoisotopic (exact) mass is 306 g/mol. The van der Waals surface area contributed by atoms with Gasteiger partial charge in [0.2, 0.25) is 9.05 Å². The third-order valence-corrected chi connectivity index (χ3v) is 3.68. The number of hydrogen-bond donors (Lipinski definition) is 0. The summed E-state index contributed by atoms with van der Waals surface area (Å²) >= 11 is 0. The molecule has 0 bridgehead atoms. The molecule has 0 heterocycles. The van der Waals surface area contributed by atoms with E-state index in [-0.39, 0.29) is 5.75 Å². The molecule has 0 saturated heterocycles. The lowest BCUT2D eigenvalue weighted by Gasteiger charge is -2.11. The highest BCUT2D eigenvalue weighted by Crippen LogP contribution is 2.26. The van der Waals surface area contributed by atoms with Gasteiger partial charge in [-0.2, -0.15) is 0 Å². The van der Waals surface area contributed by atoms with Crippen molar-refractivity contribution < 1.29 is 17.9 Å². The SMILES string of the molecule is CCOc1ccccc1OCCCCCS(=O)(=O)Cl. The van der Waals surface area contributed by atoms with Crippen molar-refractivity contribution in [3.63, 3.8) is 0 Å². The van der Waals surface area contributed by atoms with Crippen LogP contribution in [0.2, 0.25) is 0 Å². The average Bonchev–Trinajstić information content (AvgIpc) is 2.34. The smallest absolute Gasteiger partial charge is 0.232 e. The molecule has 1 aromatic carbocycles. The Morgan fingerprint density at radius 3 is 2.26 bits per heavy atom. The molecule has 1 rings (SSSR count). The van der Waals surface area contributed by atoms with E-state index in [0.717, 1.165) is 18.6 Å². The fourth-order valence-electron chi connectivity index (χ4n) is 1.58. The van der Waals surface area contributed by atoms with E-state index < -0.39 is 9.05 Å². The van der Waals surface area contributed by atoms with Crippen LogP contribution in [0.4, 0.5) is 0 Å². The van der Waals surface area contributed by atoms with E-state index in [9.17, 15) is 8.42 Å². The molecule has 0 aromatic heterocycles. The van der Waals surface area contributed by atoms with Crippen LogP contribution in [0.15, 0.2) is 24.3 Å². The van der Waals surface area contributed by atoms with Crippen molar-refractivity contribution in [1.82, 2.24) is 0 Å². The summed E-state index contributed by atoms with van der Waals surface area (Å²) in [5.74, 6) is 1.46. The van der Waals surface area contributed by atoms with E-state index >= 15 is 0 Å². The molecule has 108 valence electrons. The summed E-state index contributed by atoms with van der Waals surface area (Å²) in [6.07, 6.45) is 2.11. The van der Waals surface area contributed by atoms with E-state index in [0.29, 0.717) is 25.4 Å². The summed E-state index contributed by atoms with van der Waals surface area (Å²) < 4.78 is 32.5. The maximum absolute atomic E-state index is 10.7. The van der Waals surface area contributed by atoms with Crippen molar-refractivity contribution in [2.45, 2.75) is 26.2 Å². The van der Waals surface area contributed by atoms with Crippen LogP contribution in [-0.2, 0) is 9.05 Å². The van der Waals surface area contributed by atoms with Crippen molar-refractivity contribution in [1.29, 1.82) is 0 Å². The van der Waals surface area contributed by atoms with Gasteiger partial charge in [-0.15, -0.1) is 0 Å². The molecule has 0 fully saturated rings. The Balaban J connectivity index is 2.26. The Hall–Kier alpha value is -0.940. The summed E-state index contributed by atoms with van der Waals surface area (Å²) in [5.41, 5.74) is 0. The normalized spacial score (nSPS) is 11.3. The van der Waals surface area contributed by atoms with E-state index in [4.69, 9.17) is 20.2 Å². The molecule has 0 spiro atoms. The lowest BCUT2D eigenvalue weighted by molar-refractivity contribution is 0.271. The number of rotatable bonds is 9. The molecule has 0 aliphatic heterocycles. The van der Waals surface area contributed by atoms with E-state index in [1.165, 1.54) is 0 Å². The minimum absolute atomic E-state index is 0.0179. The topological polar surface area (TPSA) is 52.6 Å². The van der Waals surface area contributed by atoms with Crippen molar-refractivity contribution in [3.05, 3.63) is 24.3 Å². The van der Waals surface area contributed by atoms with E-state index in [1.54, 1.807) is 0 Å². The summed E-state index contributed by atoms with van der Waals surface area (Å²) in [7, 11) is 1.76. The predicted octanol–water partition coefficient (Wildman–Crippen LogP) is 3.20. The van der Waals surface area contributed by atoms with Crippen LogP contribution in [0, 0.1) is 0 Å². The van der Waals surface area contributed by atoms with E-state index in [2.05, 4.69) is 0 Å². The second kappa shape index (κ2) is 8.27. The van der Waals surface area contributed by atoms with Crippen LogP contribution in [0.1, 0.15) is 26.2 Å². The first-order valence-corrected chi connectivity index (χ1v) is 8.77. The van der Waals surface area contributed by atoms with Crippen LogP contribution < -0.4 is 9.47 Å². The highest BCUT2D eigenvalue weighted by molar-refractivity contribution is 8.13. The van der Waals surface area contributed by atoms with Crippen LogP contribution in [-0.4, -0.2) is 27.4 Å². The van der Waals surface area contributed by atoms with Crippen molar-refractivity contribution >= 4 is 19.7 Å². The van der Waals surface area contributed by atoms with Gasteiger partial charge in [0.1, 0.15) is 0 Å². The van der Waals surface area contributed by atoms with Crippen molar-refractivity contribution in [2.75, 3.05) is 19.0 Å². The van der Waals surface area contributed by atoms with Crippen LogP contribution >= 0.6 is 10.7 Å². The first-order chi connectivity index (χ1) is 9.03. The minimum Gasteiger partial charge on any atom is -0.490 e. The molecular formula is C13H19ClO4S. The Morgan fingerprint density at radius 2 is 1.68 bits per heavy atom. The van der Waals surface area contributed by atoms with Gasteiger partial charge in [0.15, 0.2) is 11.5 Å². The number of para-hydroxylation sites is 2. The Bertz CT molecular complexity index is 473. The number of unbranched alkanes of at least 4 members (excludes halogenated alkanes) is 2. The predicted molar refractivity (Wildman–Crippen MR) is 76.6 cm³/mol. The maximum atomic E-state index is 10.7. The van der Waals surface area contributed by atoms with E-state index in [1.807, 2.05) is 31.2 Å². The van der Waals surface area contributed by atoms with Gasteiger partial charge in [-0.05, 0) is 38.3 Å². The molecule has 6 heteroatoms. The fourth-order valence-corrected chi connectivity index (χ4v) is 2.46. The van der Waals surface area contributed by atoms with Gasteiger partial charge in [-0.1, -0.05) is 12.1 Å². The number of halogens is 1. The Labute approximate surface area is 119 Å². The van der Waals surface area contributed by atoms with Crippen LogP contribution in [0.25, 0.3) is 0 Å². The number of hydrogen-bond acceptors (Lipinski definition) is 4. The largest absolute Gasteiger partial charge is 0.490 e. The van der Waals surface area contributed by atoms with Crippen LogP contribution in [0.3, 0.4) is 0 Å². The first-order valence-electron chi connectivity index (χ1n) is 6.30. The fraction of sp³-hybridized carbons (Fsp3) is 0.538. The molecule has 0 atom stereocenters. The molecule has 0 N–H and O–H groups in total. The zero-order chi connectivity index (χ0) is 14.1. The molecular weight excluding hydrogens is 288 g/mol. The molecule has 0 aliphatic carbocycles. The van der Waals surface area contributed by atoms with Gasteiger partial charge in [0, 0.05) is 10.7 Å². The zero-order valence-electron chi connectivity index (χ0n) is 11.0. The van der Waals surface area contributed by atoms with Gasteiger partial charge < -0.3 is 9.47 Å². The summed E-state index contributed by atoms with van der Waals surface area (Å²) in [5, 5.41) is 0. The summed E-state index contributed by atoms with van der Waals surface area (Å²) in [4.78, 5) is 0. The average molecular weight is 307 g/mol. The van der Waals surface area contributed by atoms with Gasteiger partial charge >= 0.3 is 0 Å². The second-order valence-corrected chi connectivity index (χ2v) is 6.93. The molecule has 0 amide bonds. The van der Waals surface area contributed by atoms with Gasteiger partial charge in [-0.3, -0.25) is 0 Å². The second-order valence-electron chi connectivity index (χ2n) is 4.03. The first kappa shape index (κ1) is 16.1. The summed E-state index contributed by atoms with van der Waals surface area (Å²) in [6, 6.07) is 7.49.